The summed E-state index contributed by atoms with van der Waals surface area (Å²) >= 11 is 0. The lowest BCUT2D eigenvalue weighted by Crippen LogP contribution is -2.26. The molecule has 0 aliphatic carbocycles. The third-order valence-electron chi connectivity index (χ3n) is 3.51. The van der Waals surface area contributed by atoms with E-state index in [-0.39, 0.29) is 18.6 Å². The third kappa shape index (κ3) is 2.13. The number of rotatable bonds is 2. The van der Waals surface area contributed by atoms with Crippen molar-refractivity contribution in [2.24, 2.45) is 5.92 Å². The van der Waals surface area contributed by atoms with Gasteiger partial charge in [-0.25, -0.2) is 0 Å². The zero-order valence-electron chi connectivity index (χ0n) is 10.1. The summed E-state index contributed by atoms with van der Waals surface area (Å²) in [5, 5.41) is 9.42. The van der Waals surface area contributed by atoms with Crippen LogP contribution in [0.2, 0.25) is 0 Å². The normalized spacial score (nSPS) is 25.7. The minimum absolute atomic E-state index is 0.0833. The number of aryl methyl sites for hydroxylation is 2. The molecule has 0 spiro atoms. The van der Waals surface area contributed by atoms with Crippen LogP contribution in [0.3, 0.4) is 0 Å². The molecular weight excluding hydrogens is 200 g/mol. The molecule has 1 aliphatic heterocycles. The van der Waals surface area contributed by atoms with Crippen LogP contribution in [0.5, 0.6) is 0 Å². The molecule has 1 aromatic rings. The molecule has 2 heteroatoms. The van der Waals surface area contributed by atoms with Crippen molar-refractivity contribution >= 4 is 0 Å². The fraction of sp³-hybridized carbons (Fsp3) is 0.571. The van der Waals surface area contributed by atoms with Crippen molar-refractivity contribution in [1.82, 2.24) is 0 Å². The standard InChI is InChI=1S/C14H20O2/c1-10-5-3-6-11(2)13(10)14-12(9-15)7-4-8-16-14/h3,5-6,12,14-15H,4,7-9H2,1-2H3. The number of hydrogen-bond donors (Lipinski definition) is 1. The molecule has 2 nitrogen and oxygen atoms in total. The number of aliphatic hydroxyl groups is 1. The van der Waals surface area contributed by atoms with Gasteiger partial charge in [-0.05, 0) is 43.4 Å². The largest absolute Gasteiger partial charge is 0.396 e. The van der Waals surface area contributed by atoms with Gasteiger partial charge in [-0.3, -0.25) is 0 Å². The second-order valence-corrected chi connectivity index (χ2v) is 4.68. The van der Waals surface area contributed by atoms with E-state index in [1.165, 1.54) is 16.7 Å². The minimum Gasteiger partial charge on any atom is -0.396 e. The van der Waals surface area contributed by atoms with Crippen molar-refractivity contribution in [3.05, 3.63) is 34.9 Å². The molecule has 1 heterocycles. The highest BCUT2D eigenvalue weighted by Gasteiger charge is 2.28. The lowest BCUT2D eigenvalue weighted by molar-refractivity contribution is -0.0463. The van der Waals surface area contributed by atoms with Crippen LogP contribution in [0.15, 0.2) is 18.2 Å². The average molecular weight is 220 g/mol. The van der Waals surface area contributed by atoms with Crippen LogP contribution >= 0.6 is 0 Å². The predicted molar refractivity (Wildman–Crippen MR) is 64.4 cm³/mol. The van der Waals surface area contributed by atoms with E-state index < -0.39 is 0 Å². The first-order chi connectivity index (χ1) is 7.74. The Bertz CT molecular complexity index is 340. The molecular formula is C14H20O2. The zero-order chi connectivity index (χ0) is 11.5. The summed E-state index contributed by atoms with van der Waals surface area (Å²) in [5.74, 6) is 0.258. The summed E-state index contributed by atoms with van der Waals surface area (Å²) in [7, 11) is 0. The van der Waals surface area contributed by atoms with Gasteiger partial charge in [0.2, 0.25) is 0 Å². The monoisotopic (exact) mass is 220 g/mol. The van der Waals surface area contributed by atoms with Gasteiger partial charge in [0.1, 0.15) is 0 Å². The van der Waals surface area contributed by atoms with Gasteiger partial charge in [0.15, 0.2) is 0 Å². The van der Waals surface area contributed by atoms with E-state index in [9.17, 15) is 5.11 Å². The quantitative estimate of drug-likeness (QED) is 0.830. The zero-order valence-corrected chi connectivity index (χ0v) is 10.1. The van der Waals surface area contributed by atoms with Crippen molar-refractivity contribution in [3.8, 4) is 0 Å². The molecule has 0 bridgehead atoms. The van der Waals surface area contributed by atoms with Crippen LogP contribution in [0.4, 0.5) is 0 Å². The summed E-state index contributed by atoms with van der Waals surface area (Å²) in [4.78, 5) is 0. The molecule has 0 aromatic heterocycles. The van der Waals surface area contributed by atoms with Gasteiger partial charge in [0.25, 0.3) is 0 Å². The minimum atomic E-state index is 0.0833. The van der Waals surface area contributed by atoms with E-state index in [1.807, 2.05) is 0 Å². The number of hydrogen-bond acceptors (Lipinski definition) is 2. The third-order valence-corrected chi connectivity index (χ3v) is 3.51. The van der Waals surface area contributed by atoms with Gasteiger partial charge < -0.3 is 9.84 Å². The molecule has 1 fully saturated rings. The lowest BCUT2D eigenvalue weighted by Gasteiger charge is -2.32. The molecule has 2 rings (SSSR count). The maximum Gasteiger partial charge on any atom is 0.0880 e. The highest BCUT2D eigenvalue weighted by atomic mass is 16.5. The topological polar surface area (TPSA) is 29.5 Å². The van der Waals surface area contributed by atoms with Crippen LogP contribution in [0, 0.1) is 19.8 Å². The van der Waals surface area contributed by atoms with Gasteiger partial charge in [0, 0.05) is 19.1 Å². The molecule has 16 heavy (non-hydrogen) atoms. The summed E-state index contributed by atoms with van der Waals surface area (Å²) in [6, 6.07) is 6.31. The first-order valence-corrected chi connectivity index (χ1v) is 6.02. The average Bonchev–Trinajstić information content (AvgIpc) is 2.29. The number of benzene rings is 1. The van der Waals surface area contributed by atoms with Gasteiger partial charge in [-0.15, -0.1) is 0 Å². The van der Waals surface area contributed by atoms with E-state index in [0.29, 0.717) is 0 Å². The molecule has 0 amide bonds. The maximum absolute atomic E-state index is 9.42. The van der Waals surface area contributed by atoms with E-state index in [1.54, 1.807) is 0 Å². The Morgan fingerprint density at radius 1 is 1.31 bits per heavy atom. The second kappa shape index (κ2) is 4.98. The highest BCUT2D eigenvalue weighted by Crippen LogP contribution is 2.36. The predicted octanol–water partition coefficient (Wildman–Crippen LogP) is 2.76. The molecule has 1 saturated heterocycles. The van der Waals surface area contributed by atoms with Crippen molar-refractivity contribution in [2.75, 3.05) is 13.2 Å². The van der Waals surface area contributed by atoms with Crippen LogP contribution in [-0.4, -0.2) is 18.3 Å². The Labute approximate surface area is 97.3 Å². The van der Waals surface area contributed by atoms with E-state index in [0.717, 1.165) is 19.4 Å². The van der Waals surface area contributed by atoms with Crippen LogP contribution in [-0.2, 0) is 4.74 Å². The Morgan fingerprint density at radius 3 is 2.62 bits per heavy atom. The summed E-state index contributed by atoms with van der Waals surface area (Å²) in [5.41, 5.74) is 3.82. The van der Waals surface area contributed by atoms with E-state index in [2.05, 4.69) is 32.0 Å². The Kier molecular flexibility index (Phi) is 3.62. The Morgan fingerprint density at radius 2 is 2.00 bits per heavy atom. The van der Waals surface area contributed by atoms with Crippen molar-refractivity contribution in [2.45, 2.75) is 32.8 Å². The number of aliphatic hydroxyl groups excluding tert-OH is 1. The molecule has 0 radical (unpaired) electrons. The van der Waals surface area contributed by atoms with Gasteiger partial charge in [0.05, 0.1) is 6.10 Å². The van der Waals surface area contributed by atoms with Crippen LogP contribution < -0.4 is 0 Å². The molecule has 1 aliphatic rings. The van der Waals surface area contributed by atoms with Crippen LogP contribution in [0.1, 0.15) is 35.6 Å². The molecule has 1 N–H and O–H groups in total. The Hall–Kier alpha value is -0.860. The fourth-order valence-corrected chi connectivity index (χ4v) is 2.63. The smallest absolute Gasteiger partial charge is 0.0880 e. The summed E-state index contributed by atoms with van der Waals surface area (Å²) in [6.45, 7) is 5.27. The SMILES string of the molecule is Cc1cccc(C)c1C1OCCCC1CO. The van der Waals surface area contributed by atoms with E-state index in [4.69, 9.17) is 4.74 Å². The van der Waals surface area contributed by atoms with E-state index >= 15 is 0 Å². The molecule has 0 saturated carbocycles. The van der Waals surface area contributed by atoms with Crippen molar-refractivity contribution in [3.63, 3.8) is 0 Å². The van der Waals surface area contributed by atoms with Gasteiger partial charge in [-0.1, -0.05) is 18.2 Å². The van der Waals surface area contributed by atoms with Gasteiger partial charge >= 0.3 is 0 Å². The Balaban J connectivity index is 2.34. The maximum atomic E-state index is 9.42. The molecule has 2 atom stereocenters. The number of ether oxygens (including phenoxy) is 1. The van der Waals surface area contributed by atoms with Gasteiger partial charge in [-0.2, -0.15) is 0 Å². The molecule has 88 valence electrons. The first kappa shape index (κ1) is 11.6. The van der Waals surface area contributed by atoms with Crippen molar-refractivity contribution < 1.29 is 9.84 Å². The summed E-state index contributed by atoms with van der Waals surface area (Å²) < 4.78 is 5.87. The lowest BCUT2D eigenvalue weighted by atomic mass is 9.86. The molecule has 1 aromatic carbocycles. The molecule has 2 unspecified atom stereocenters. The highest BCUT2D eigenvalue weighted by molar-refractivity contribution is 5.36. The van der Waals surface area contributed by atoms with Crippen molar-refractivity contribution in [1.29, 1.82) is 0 Å². The fourth-order valence-electron chi connectivity index (χ4n) is 2.63. The van der Waals surface area contributed by atoms with Crippen LogP contribution in [0.25, 0.3) is 0 Å². The second-order valence-electron chi connectivity index (χ2n) is 4.68. The summed E-state index contributed by atoms with van der Waals surface area (Å²) in [6.07, 6.45) is 2.21. The first-order valence-electron chi connectivity index (χ1n) is 6.02.